The molecule has 4 aromatic rings. The lowest BCUT2D eigenvalue weighted by atomic mass is 10.0. The molecule has 1 aliphatic rings. The molecule has 1 unspecified atom stereocenters. The van der Waals surface area contributed by atoms with Gasteiger partial charge in [-0.25, -0.2) is 17.8 Å². The zero-order valence-electron chi connectivity index (χ0n) is 20.1. The monoisotopic (exact) mass is 554 g/mol. The Kier molecular flexibility index (Phi) is 7.20. The average Bonchev–Trinajstić information content (AvgIpc) is 3.54. The number of nitrogens with one attached hydrogen (secondary N) is 1. The predicted molar refractivity (Wildman–Crippen MR) is 144 cm³/mol. The fraction of sp³-hybridized carbons (Fsp3) is 0.185. The third-order valence-corrected chi connectivity index (χ3v) is 8.37. The quantitative estimate of drug-likeness (QED) is 0.317. The van der Waals surface area contributed by atoms with Gasteiger partial charge < -0.3 is 15.5 Å². The number of aromatic nitrogens is 1. The van der Waals surface area contributed by atoms with Gasteiger partial charge in [-0.2, -0.15) is 4.31 Å². The molecule has 0 saturated carbocycles. The molecule has 1 saturated heterocycles. The fourth-order valence-electron chi connectivity index (χ4n) is 4.21. The minimum absolute atomic E-state index is 0.115. The summed E-state index contributed by atoms with van der Waals surface area (Å²) < 4.78 is 46.1. The summed E-state index contributed by atoms with van der Waals surface area (Å²) in [6, 6.07) is 15.2. The van der Waals surface area contributed by atoms with E-state index in [1.807, 2.05) is 6.07 Å². The molecule has 11 heteroatoms. The van der Waals surface area contributed by atoms with Crippen LogP contribution < -0.4 is 11.1 Å². The highest BCUT2D eigenvalue weighted by molar-refractivity contribution is 7.89. The number of fused-ring (bicyclic) bond motifs is 1. The number of nitrogens with two attached hydrogens (primary N) is 1. The maximum atomic E-state index is 13.5. The molecule has 2 aromatic heterocycles. The van der Waals surface area contributed by atoms with Crippen LogP contribution in [0.3, 0.4) is 0 Å². The van der Waals surface area contributed by atoms with Crippen LogP contribution in [0.2, 0.25) is 5.02 Å². The maximum Gasteiger partial charge on any atom is 0.244 e. The number of halogens is 2. The molecule has 0 radical (unpaired) electrons. The van der Waals surface area contributed by atoms with Crippen molar-refractivity contribution < 1.29 is 22.0 Å². The third kappa shape index (κ3) is 5.57. The summed E-state index contributed by atoms with van der Waals surface area (Å²) in [5.74, 6) is 0.617. The lowest BCUT2D eigenvalue weighted by Crippen LogP contribution is -2.29. The number of carbonyl (C=O) groups excluding carboxylic acids is 1. The minimum atomic E-state index is -3.74. The minimum Gasteiger partial charge on any atom is -0.458 e. The van der Waals surface area contributed by atoms with Crippen molar-refractivity contribution in [3.8, 4) is 11.1 Å². The molecule has 0 bridgehead atoms. The number of carbonyl (C=O) groups is 1. The van der Waals surface area contributed by atoms with E-state index in [-0.39, 0.29) is 36.9 Å². The molecule has 1 fully saturated rings. The molecule has 1 aliphatic heterocycles. The molecule has 3 heterocycles. The van der Waals surface area contributed by atoms with E-state index in [2.05, 4.69) is 10.3 Å². The van der Waals surface area contributed by atoms with Crippen LogP contribution in [-0.2, 0) is 21.4 Å². The first-order valence-electron chi connectivity index (χ1n) is 11.8. The number of rotatable bonds is 7. The average molecular weight is 555 g/mol. The lowest BCUT2D eigenvalue weighted by Gasteiger charge is -2.15. The van der Waals surface area contributed by atoms with E-state index in [0.717, 1.165) is 22.1 Å². The standard InChI is InChI=1S/C27H24ClFN4O4S/c28-24-13-19(18-3-5-23(6-4-18)38(35,36)33-10-9-21(29)16-33)11-20-12-22(37-27(20)24)15-32-26(34)8-2-17-1-7-25(30)31-14-17/h1-8,11-14,21H,9-10,15-16H2,(H2,30,31)(H,32,34)/b8-2+. The van der Waals surface area contributed by atoms with Crippen molar-refractivity contribution in [3.05, 3.63) is 83.2 Å². The van der Waals surface area contributed by atoms with Gasteiger partial charge in [-0.05, 0) is 71.7 Å². The van der Waals surface area contributed by atoms with Gasteiger partial charge >= 0.3 is 0 Å². The molecule has 5 rings (SSSR count). The highest BCUT2D eigenvalue weighted by Gasteiger charge is 2.32. The molecule has 0 spiro atoms. The Morgan fingerprint density at radius 3 is 2.66 bits per heavy atom. The van der Waals surface area contributed by atoms with Crippen LogP contribution in [-0.4, -0.2) is 42.9 Å². The number of hydrogen-bond acceptors (Lipinski definition) is 6. The molecule has 38 heavy (non-hydrogen) atoms. The number of benzene rings is 2. The van der Waals surface area contributed by atoms with Crippen LogP contribution in [0.5, 0.6) is 0 Å². The second kappa shape index (κ2) is 10.6. The van der Waals surface area contributed by atoms with Gasteiger partial charge in [0.25, 0.3) is 0 Å². The van der Waals surface area contributed by atoms with E-state index in [4.69, 9.17) is 21.8 Å². The summed E-state index contributed by atoms with van der Waals surface area (Å²) in [6.45, 7) is 0.222. The van der Waals surface area contributed by atoms with Gasteiger partial charge in [-0.1, -0.05) is 23.7 Å². The summed E-state index contributed by atoms with van der Waals surface area (Å²) in [7, 11) is -3.74. The predicted octanol–water partition coefficient (Wildman–Crippen LogP) is 4.79. The lowest BCUT2D eigenvalue weighted by molar-refractivity contribution is -0.116. The molecule has 0 aliphatic carbocycles. The Hall–Kier alpha value is -3.73. The number of pyridine rings is 1. The van der Waals surface area contributed by atoms with Gasteiger partial charge in [0.05, 0.1) is 16.5 Å². The van der Waals surface area contributed by atoms with Crippen LogP contribution in [0.25, 0.3) is 28.2 Å². The van der Waals surface area contributed by atoms with E-state index in [1.165, 1.54) is 22.5 Å². The number of sulfonamides is 1. The Balaban J connectivity index is 1.28. The van der Waals surface area contributed by atoms with Gasteiger partial charge in [-0.3, -0.25) is 4.79 Å². The van der Waals surface area contributed by atoms with Gasteiger partial charge in [-0.15, -0.1) is 0 Å². The molecule has 1 amide bonds. The SMILES string of the molecule is Nc1ccc(/C=C/C(=O)NCc2cc3cc(-c4ccc(S(=O)(=O)N5CCC(F)C5)cc4)cc(Cl)c3o2)cn1. The summed E-state index contributed by atoms with van der Waals surface area (Å²) in [5, 5.41) is 3.88. The fourth-order valence-corrected chi connectivity index (χ4v) is 5.96. The van der Waals surface area contributed by atoms with Crippen molar-refractivity contribution in [1.82, 2.24) is 14.6 Å². The van der Waals surface area contributed by atoms with Crippen molar-refractivity contribution >= 4 is 50.4 Å². The first-order valence-corrected chi connectivity index (χ1v) is 13.6. The smallest absolute Gasteiger partial charge is 0.244 e. The number of amides is 1. The molecule has 3 N–H and O–H groups in total. The summed E-state index contributed by atoms with van der Waals surface area (Å²) in [6.07, 6.45) is 3.67. The molecule has 1 atom stereocenters. The van der Waals surface area contributed by atoms with Gasteiger partial charge in [0.2, 0.25) is 15.9 Å². The highest BCUT2D eigenvalue weighted by atomic mass is 35.5. The van der Waals surface area contributed by atoms with Crippen LogP contribution in [0.1, 0.15) is 17.7 Å². The van der Waals surface area contributed by atoms with Gasteiger partial charge in [0.15, 0.2) is 5.58 Å². The van der Waals surface area contributed by atoms with E-state index in [0.29, 0.717) is 22.2 Å². The van der Waals surface area contributed by atoms with Crippen molar-refractivity contribution in [2.75, 3.05) is 18.8 Å². The molecular weight excluding hydrogens is 531 g/mol. The highest BCUT2D eigenvalue weighted by Crippen LogP contribution is 2.34. The topological polar surface area (TPSA) is 119 Å². The Morgan fingerprint density at radius 1 is 1.18 bits per heavy atom. The summed E-state index contributed by atoms with van der Waals surface area (Å²) in [4.78, 5) is 16.3. The van der Waals surface area contributed by atoms with Crippen LogP contribution >= 0.6 is 11.6 Å². The van der Waals surface area contributed by atoms with Gasteiger partial charge in [0, 0.05) is 30.7 Å². The number of hydrogen-bond donors (Lipinski definition) is 2. The van der Waals surface area contributed by atoms with Crippen LogP contribution in [0, 0.1) is 0 Å². The van der Waals surface area contributed by atoms with E-state index in [1.54, 1.807) is 48.7 Å². The number of alkyl halides is 1. The van der Waals surface area contributed by atoms with Crippen molar-refractivity contribution in [1.29, 1.82) is 0 Å². The Labute approximate surface area is 224 Å². The normalized spacial score (nSPS) is 16.4. The van der Waals surface area contributed by atoms with Crippen molar-refractivity contribution in [3.63, 3.8) is 0 Å². The van der Waals surface area contributed by atoms with Gasteiger partial charge in [0.1, 0.15) is 17.7 Å². The molecule has 196 valence electrons. The van der Waals surface area contributed by atoms with E-state index < -0.39 is 16.2 Å². The van der Waals surface area contributed by atoms with E-state index in [9.17, 15) is 17.6 Å². The number of nitrogen functional groups attached to an aromatic ring is 1. The Morgan fingerprint density at radius 2 is 1.97 bits per heavy atom. The molecular formula is C27H24ClFN4O4S. The third-order valence-electron chi connectivity index (χ3n) is 6.21. The zero-order valence-corrected chi connectivity index (χ0v) is 21.7. The second-order valence-corrected chi connectivity index (χ2v) is 11.3. The largest absolute Gasteiger partial charge is 0.458 e. The van der Waals surface area contributed by atoms with E-state index >= 15 is 0 Å². The van der Waals surface area contributed by atoms with Crippen molar-refractivity contribution in [2.45, 2.75) is 24.0 Å². The summed E-state index contributed by atoms with van der Waals surface area (Å²) in [5.41, 5.74) is 8.32. The Bertz CT molecular complexity index is 1620. The molecule has 2 aromatic carbocycles. The number of furan rings is 1. The number of anilines is 1. The maximum absolute atomic E-state index is 13.5. The first-order chi connectivity index (χ1) is 18.2. The zero-order chi connectivity index (χ0) is 26.9. The van der Waals surface area contributed by atoms with Crippen LogP contribution in [0.15, 0.2) is 76.2 Å². The summed E-state index contributed by atoms with van der Waals surface area (Å²) >= 11 is 6.48. The number of nitrogens with zero attached hydrogens (tertiary/aromatic N) is 2. The molecule has 8 nitrogen and oxygen atoms in total. The van der Waals surface area contributed by atoms with Crippen LogP contribution in [0.4, 0.5) is 10.2 Å². The van der Waals surface area contributed by atoms with Crippen molar-refractivity contribution in [2.24, 2.45) is 0 Å². The second-order valence-electron chi connectivity index (χ2n) is 8.93. The first kappa shape index (κ1) is 25.9.